The summed E-state index contributed by atoms with van der Waals surface area (Å²) in [6.07, 6.45) is 1.93. The van der Waals surface area contributed by atoms with Crippen molar-refractivity contribution < 1.29 is 9.53 Å². The Hall–Kier alpha value is -2.55. The number of hydrogen-bond donors (Lipinski definition) is 1. The van der Waals surface area contributed by atoms with Gasteiger partial charge >= 0.3 is 0 Å². The van der Waals surface area contributed by atoms with Crippen LogP contribution in [-0.2, 0) is 4.79 Å². The third-order valence-electron chi connectivity index (χ3n) is 4.49. The van der Waals surface area contributed by atoms with E-state index >= 15 is 0 Å². The van der Waals surface area contributed by atoms with Gasteiger partial charge in [0.25, 0.3) is 5.91 Å². The standard InChI is InChI=1S/C23H29NO2/c1-16(2)22(17(3)4)24-23(25)21(19-9-7-6-8-10-19)15-18-11-13-20(26-5)14-12-18/h6-17,22H,1-5H3,(H,24,25)/b21-15+. The summed E-state index contributed by atoms with van der Waals surface area (Å²) < 4.78 is 5.21. The van der Waals surface area contributed by atoms with Gasteiger partial charge < -0.3 is 10.1 Å². The normalized spacial score (nSPS) is 11.9. The van der Waals surface area contributed by atoms with Gasteiger partial charge in [-0.25, -0.2) is 0 Å². The molecule has 0 spiro atoms. The van der Waals surface area contributed by atoms with Crippen LogP contribution in [0, 0.1) is 11.8 Å². The second-order valence-corrected chi connectivity index (χ2v) is 7.18. The number of nitrogens with one attached hydrogen (secondary N) is 1. The zero-order valence-electron chi connectivity index (χ0n) is 16.3. The Labute approximate surface area is 157 Å². The predicted molar refractivity (Wildman–Crippen MR) is 109 cm³/mol. The Morgan fingerprint density at radius 3 is 2.00 bits per heavy atom. The van der Waals surface area contributed by atoms with Crippen LogP contribution < -0.4 is 10.1 Å². The van der Waals surface area contributed by atoms with E-state index in [1.54, 1.807) is 7.11 Å². The Balaban J connectivity index is 2.37. The van der Waals surface area contributed by atoms with E-state index in [2.05, 4.69) is 33.0 Å². The maximum atomic E-state index is 13.1. The van der Waals surface area contributed by atoms with Gasteiger partial charge in [0.05, 0.1) is 7.11 Å². The van der Waals surface area contributed by atoms with Crippen LogP contribution in [-0.4, -0.2) is 19.1 Å². The molecule has 0 bridgehead atoms. The molecule has 0 saturated carbocycles. The van der Waals surface area contributed by atoms with Gasteiger partial charge in [-0.15, -0.1) is 0 Å². The fraction of sp³-hybridized carbons (Fsp3) is 0.348. The molecule has 0 unspecified atom stereocenters. The van der Waals surface area contributed by atoms with Gasteiger partial charge in [0, 0.05) is 11.6 Å². The number of ether oxygens (including phenoxy) is 1. The highest BCUT2D eigenvalue weighted by molar-refractivity contribution is 6.24. The number of amides is 1. The third-order valence-corrected chi connectivity index (χ3v) is 4.49. The van der Waals surface area contributed by atoms with Crippen LogP contribution in [0.2, 0.25) is 0 Å². The van der Waals surface area contributed by atoms with Crippen molar-refractivity contribution in [1.29, 1.82) is 0 Å². The largest absolute Gasteiger partial charge is 0.497 e. The van der Waals surface area contributed by atoms with Gasteiger partial charge in [-0.1, -0.05) is 70.2 Å². The van der Waals surface area contributed by atoms with Crippen molar-refractivity contribution in [3.8, 4) is 5.75 Å². The lowest BCUT2D eigenvalue weighted by molar-refractivity contribution is -0.116. The minimum absolute atomic E-state index is 0.0422. The summed E-state index contributed by atoms with van der Waals surface area (Å²) in [5, 5.41) is 3.23. The van der Waals surface area contributed by atoms with Gasteiger partial charge in [0.1, 0.15) is 5.75 Å². The maximum Gasteiger partial charge on any atom is 0.252 e. The summed E-state index contributed by atoms with van der Waals surface area (Å²) in [5.74, 6) is 1.50. The molecule has 0 aliphatic carbocycles. The summed E-state index contributed by atoms with van der Waals surface area (Å²) in [6.45, 7) is 8.56. The number of carbonyl (C=O) groups is 1. The van der Waals surface area contributed by atoms with Crippen LogP contribution in [0.15, 0.2) is 54.6 Å². The molecule has 1 N–H and O–H groups in total. The molecule has 138 valence electrons. The fourth-order valence-electron chi connectivity index (χ4n) is 3.10. The van der Waals surface area contributed by atoms with Crippen molar-refractivity contribution in [2.75, 3.05) is 7.11 Å². The molecule has 0 aliphatic rings. The molecular weight excluding hydrogens is 322 g/mol. The first-order valence-electron chi connectivity index (χ1n) is 9.14. The van der Waals surface area contributed by atoms with Crippen LogP contribution in [0.5, 0.6) is 5.75 Å². The molecule has 0 radical (unpaired) electrons. The van der Waals surface area contributed by atoms with Crippen LogP contribution in [0.4, 0.5) is 0 Å². The highest BCUT2D eigenvalue weighted by Crippen LogP contribution is 2.22. The second-order valence-electron chi connectivity index (χ2n) is 7.18. The first kappa shape index (κ1) is 19.8. The first-order chi connectivity index (χ1) is 12.4. The van der Waals surface area contributed by atoms with Gasteiger partial charge in [-0.05, 0) is 41.2 Å². The van der Waals surface area contributed by atoms with Gasteiger partial charge in [0.2, 0.25) is 0 Å². The SMILES string of the molecule is COc1ccc(/C=C(/C(=O)NC(C(C)C)C(C)C)c2ccccc2)cc1. The average Bonchev–Trinajstić information content (AvgIpc) is 2.64. The zero-order chi connectivity index (χ0) is 19.1. The smallest absolute Gasteiger partial charge is 0.252 e. The average molecular weight is 351 g/mol. The maximum absolute atomic E-state index is 13.1. The summed E-state index contributed by atoms with van der Waals surface area (Å²) >= 11 is 0. The predicted octanol–water partition coefficient (Wildman–Crippen LogP) is 5.03. The lowest BCUT2D eigenvalue weighted by atomic mass is 9.92. The zero-order valence-corrected chi connectivity index (χ0v) is 16.3. The third kappa shape index (κ3) is 5.22. The second kappa shape index (κ2) is 9.23. The molecule has 3 nitrogen and oxygen atoms in total. The van der Waals surface area contributed by atoms with Gasteiger partial charge in [-0.3, -0.25) is 4.79 Å². The highest BCUT2D eigenvalue weighted by atomic mass is 16.5. The number of benzene rings is 2. The van der Waals surface area contributed by atoms with Gasteiger partial charge in [0.15, 0.2) is 0 Å². The van der Waals surface area contributed by atoms with Crippen LogP contribution in [0.1, 0.15) is 38.8 Å². The van der Waals surface area contributed by atoms with E-state index in [1.165, 1.54) is 0 Å². The molecule has 2 rings (SSSR count). The van der Waals surface area contributed by atoms with E-state index in [4.69, 9.17) is 4.74 Å². The molecule has 2 aromatic rings. The Bertz CT molecular complexity index is 723. The van der Waals surface area contributed by atoms with Crippen molar-refractivity contribution >= 4 is 17.6 Å². The van der Waals surface area contributed by atoms with E-state index in [0.29, 0.717) is 17.4 Å². The Morgan fingerprint density at radius 2 is 1.50 bits per heavy atom. The molecule has 0 atom stereocenters. The monoisotopic (exact) mass is 351 g/mol. The van der Waals surface area contributed by atoms with Crippen molar-refractivity contribution in [3.05, 3.63) is 65.7 Å². The fourth-order valence-corrected chi connectivity index (χ4v) is 3.10. The number of rotatable bonds is 7. The van der Waals surface area contributed by atoms with Gasteiger partial charge in [-0.2, -0.15) is 0 Å². The van der Waals surface area contributed by atoms with E-state index in [9.17, 15) is 4.79 Å². The summed E-state index contributed by atoms with van der Waals surface area (Å²) in [5.41, 5.74) is 2.54. The van der Waals surface area contributed by atoms with E-state index in [1.807, 2.05) is 60.7 Å². The first-order valence-corrected chi connectivity index (χ1v) is 9.14. The minimum Gasteiger partial charge on any atom is -0.497 e. The van der Waals surface area contributed by atoms with Crippen molar-refractivity contribution in [1.82, 2.24) is 5.32 Å². The molecule has 3 heteroatoms. The molecule has 0 aliphatic heterocycles. The summed E-state index contributed by atoms with van der Waals surface area (Å²) in [7, 11) is 1.64. The van der Waals surface area contributed by atoms with Crippen molar-refractivity contribution in [2.24, 2.45) is 11.8 Å². The van der Waals surface area contributed by atoms with Crippen LogP contribution >= 0.6 is 0 Å². The lowest BCUT2D eigenvalue weighted by Crippen LogP contribution is -2.42. The number of hydrogen-bond acceptors (Lipinski definition) is 2. The van der Waals surface area contributed by atoms with Crippen molar-refractivity contribution in [3.63, 3.8) is 0 Å². The van der Waals surface area contributed by atoms with E-state index < -0.39 is 0 Å². The van der Waals surface area contributed by atoms with Crippen LogP contribution in [0.3, 0.4) is 0 Å². The molecule has 0 aromatic heterocycles. The van der Waals surface area contributed by atoms with Crippen LogP contribution in [0.25, 0.3) is 11.6 Å². The summed E-state index contributed by atoms with van der Waals surface area (Å²) in [6, 6.07) is 17.6. The molecular formula is C23H29NO2. The highest BCUT2D eigenvalue weighted by Gasteiger charge is 2.22. The Kier molecular flexibility index (Phi) is 7.02. The quantitative estimate of drug-likeness (QED) is 0.561. The molecule has 26 heavy (non-hydrogen) atoms. The number of methoxy groups -OCH3 is 1. The molecule has 2 aromatic carbocycles. The molecule has 0 heterocycles. The molecule has 0 fully saturated rings. The van der Waals surface area contributed by atoms with E-state index in [-0.39, 0.29) is 11.9 Å². The summed E-state index contributed by atoms with van der Waals surface area (Å²) in [4.78, 5) is 13.1. The topological polar surface area (TPSA) is 38.3 Å². The Morgan fingerprint density at radius 1 is 0.923 bits per heavy atom. The van der Waals surface area contributed by atoms with E-state index in [0.717, 1.165) is 16.9 Å². The molecule has 0 saturated heterocycles. The lowest BCUT2D eigenvalue weighted by Gasteiger charge is -2.26. The minimum atomic E-state index is -0.0422. The van der Waals surface area contributed by atoms with Crippen molar-refractivity contribution in [2.45, 2.75) is 33.7 Å². The number of carbonyl (C=O) groups excluding carboxylic acids is 1. The molecule has 1 amide bonds.